The molecule has 0 atom stereocenters. The molecular formula is C19H11Br2Cl2FN4O3. The first-order chi connectivity index (χ1) is 14.7. The predicted octanol–water partition coefficient (Wildman–Crippen LogP) is 5.83. The van der Waals surface area contributed by atoms with Crippen LogP contribution >= 0.6 is 55.1 Å². The number of nitrogens with one attached hydrogen (secondary N) is 1. The van der Waals surface area contributed by atoms with Gasteiger partial charge in [0, 0.05) is 21.8 Å². The average Bonchev–Trinajstić information content (AvgIpc) is 3.09. The van der Waals surface area contributed by atoms with Crippen molar-refractivity contribution in [2.45, 2.75) is 0 Å². The summed E-state index contributed by atoms with van der Waals surface area (Å²) >= 11 is 18.5. The molecular weight excluding hydrogens is 582 g/mol. The van der Waals surface area contributed by atoms with Gasteiger partial charge < -0.3 is 10.1 Å². The molecule has 160 valence electrons. The lowest BCUT2D eigenvalue weighted by Crippen LogP contribution is -2.16. The van der Waals surface area contributed by atoms with E-state index in [4.69, 9.17) is 23.2 Å². The van der Waals surface area contributed by atoms with Crippen LogP contribution in [-0.2, 0) is 9.53 Å². The van der Waals surface area contributed by atoms with Crippen LogP contribution in [0, 0.1) is 0 Å². The Hall–Kier alpha value is -2.27. The van der Waals surface area contributed by atoms with Gasteiger partial charge in [-0.15, -0.1) is 0 Å². The number of rotatable bonds is 5. The number of halogens is 5. The highest BCUT2D eigenvalue weighted by molar-refractivity contribution is 9.10. The maximum absolute atomic E-state index is 14.8. The molecule has 0 spiro atoms. The number of methoxy groups -OCH3 is 1. The number of amides is 1. The zero-order valence-corrected chi connectivity index (χ0v) is 20.2. The van der Waals surface area contributed by atoms with Gasteiger partial charge in [-0.1, -0.05) is 23.2 Å². The van der Waals surface area contributed by atoms with E-state index in [0.29, 0.717) is 4.60 Å². The van der Waals surface area contributed by atoms with Gasteiger partial charge in [-0.3, -0.25) is 4.79 Å². The minimum atomic E-state index is -1.15. The summed E-state index contributed by atoms with van der Waals surface area (Å²) in [6, 6.07) is 7.46. The molecule has 1 N–H and O–H groups in total. The van der Waals surface area contributed by atoms with Crippen molar-refractivity contribution >= 4 is 78.7 Å². The van der Waals surface area contributed by atoms with E-state index in [0.717, 1.165) is 6.08 Å². The molecule has 3 aromatic rings. The molecule has 0 aliphatic heterocycles. The number of hydrogen-bond acceptors (Lipinski definition) is 5. The summed E-state index contributed by atoms with van der Waals surface area (Å²) in [5, 5.41) is 7.02. The predicted molar refractivity (Wildman–Crippen MR) is 122 cm³/mol. The largest absolute Gasteiger partial charge is 0.465 e. The maximum atomic E-state index is 14.8. The van der Waals surface area contributed by atoms with Crippen LogP contribution in [0.4, 0.5) is 10.1 Å². The summed E-state index contributed by atoms with van der Waals surface area (Å²) in [6.07, 6.45) is 2.46. The third-order valence-electron chi connectivity index (χ3n) is 3.84. The van der Waals surface area contributed by atoms with Crippen LogP contribution in [0.3, 0.4) is 0 Å². The van der Waals surface area contributed by atoms with E-state index in [1.165, 1.54) is 36.2 Å². The molecule has 0 unspecified atom stereocenters. The molecule has 2 aromatic heterocycles. The second-order valence-electron chi connectivity index (χ2n) is 5.86. The third-order valence-corrected chi connectivity index (χ3v) is 5.36. The molecule has 0 aliphatic carbocycles. The highest BCUT2D eigenvalue weighted by Crippen LogP contribution is 2.32. The molecule has 12 heteroatoms. The molecule has 1 amide bonds. The SMILES string of the molecule is COC(=O)c1cc(Cl)cc(Br)c1NC(=O)C(F)=Cc1cc(Br)nn1-c1ncccc1Cl. The number of ether oxygens (including phenoxy) is 1. The lowest BCUT2D eigenvalue weighted by molar-refractivity contribution is -0.114. The van der Waals surface area contributed by atoms with Crippen LogP contribution in [-0.4, -0.2) is 33.8 Å². The van der Waals surface area contributed by atoms with Crippen molar-refractivity contribution in [2.24, 2.45) is 0 Å². The van der Waals surface area contributed by atoms with Crippen molar-refractivity contribution in [2.75, 3.05) is 12.4 Å². The number of hydrogen-bond donors (Lipinski definition) is 1. The number of esters is 1. The summed E-state index contributed by atoms with van der Waals surface area (Å²) < 4.78 is 21.4. The standard InChI is InChI=1S/C19H11Br2Cl2FN4O3/c1-31-19(30)11-5-9(22)6-12(20)16(11)26-18(29)14(24)7-10-8-15(21)27-28(10)17-13(23)3-2-4-25-17/h2-8H,1H3,(H,26,29). The van der Waals surface area contributed by atoms with Crippen molar-refractivity contribution in [3.8, 4) is 5.82 Å². The van der Waals surface area contributed by atoms with Crippen molar-refractivity contribution in [1.29, 1.82) is 0 Å². The molecule has 3 rings (SSSR count). The molecule has 0 radical (unpaired) electrons. The minimum Gasteiger partial charge on any atom is -0.465 e. The molecule has 31 heavy (non-hydrogen) atoms. The van der Waals surface area contributed by atoms with Gasteiger partial charge in [0.05, 0.1) is 29.1 Å². The topological polar surface area (TPSA) is 86.1 Å². The number of carbonyl (C=O) groups excluding carboxylic acids is 2. The number of carbonyl (C=O) groups is 2. The van der Waals surface area contributed by atoms with Crippen LogP contribution < -0.4 is 5.32 Å². The van der Waals surface area contributed by atoms with Crippen LogP contribution in [0.2, 0.25) is 10.0 Å². The lowest BCUT2D eigenvalue weighted by atomic mass is 10.1. The molecule has 7 nitrogen and oxygen atoms in total. The monoisotopic (exact) mass is 590 g/mol. The summed E-state index contributed by atoms with van der Waals surface area (Å²) in [5.41, 5.74) is 0.159. The van der Waals surface area contributed by atoms with Crippen molar-refractivity contribution < 1.29 is 18.7 Å². The molecule has 0 saturated heterocycles. The first-order valence-corrected chi connectivity index (χ1v) is 10.7. The Bertz CT molecular complexity index is 1220. The van der Waals surface area contributed by atoms with Gasteiger partial charge in [-0.05, 0) is 62.2 Å². The first-order valence-electron chi connectivity index (χ1n) is 8.33. The summed E-state index contributed by atoms with van der Waals surface area (Å²) in [7, 11) is 1.17. The molecule has 0 bridgehead atoms. The quantitative estimate of drug-likeness (QED) is 0.297. The van der Waals surface area contributed by atoms with Gasteiger partial charge in [0.15, 0.2) is 11.6 Å². The molecule has 0 aliphatic rings. The fourth-order valence-corrected chi connectivity index (χ4v) is 4.02. The zero-order valence-electron chi connectivity index (χ0n) is 15.5. The second kappa shape index (κ2) is 9.90. The van der Waals surface area contributed by atoms with Crippen LogP contribution in [0.5, 0.6) is 0 Å². The summed E-state index contributed by atoms with van der Waals surface area (Å²) in [6.45, 7) is 0. The second-order valence-corrected chi connectivity index (χ2v) is 8.37. The summed E-state index contributed by atoms with van der Waals surface area (Å²) in [5.74, 6) is -2.76. The smallest absolute Gasteiger partial charge is 0.340 e. The van der Waals surface area contributed by atoms with E-state index >= 15 is 0 Å². The van der Waals surface area contributed by atoms with Gasteiger partial charge in [-0.25, -0.2) is 18.9 Å². The van der Waals surface area contributed by atoms with Gasteiger partial charge in [0.1, 0.15) is 4.60 Å². The minimum absolute atomic E-state index is 0.00672. The maximum Gasteiger partial charge on any atom is 0.340 e. The molecule has 1 aromatic carbocycles. The van der Waals surface area contributed by atoms with Gasteiger partial charge in [0.25, 0.3) is 5.91 Å². The third kappa shape index (κ3) is 5.32. The van der Waals surface area contributed by atoms with E-state index in [-0.39, 0.29) is 37.3 Å². The number of anilines is 1. The lowest BCUT2D eigenvalue weighted by Gasteiger charge is -2.12. The Kier molecular flexibility index (Phi) is 7.47. The number of nitrogens with zero attached hydrogens (tertiary/aromatic N) is 3. The number of pyridine rings is 1. The van der Waals surface area contributed by atoms with E-state index in [1.807, 2.05) is 0 Å². The highest BCUT2D eigenvalue weighted by Gasteiger charge is 2.21. The van der Waals surface area contributed by atoms with Crippen molar-refractivity contribution in [1.82, 2.24) is 14.8 Å². The Morgan fingerprint density at radius 2 is 2.00 bits per heavy atom. The number of aromatic nitrogens is 3. The average molecular weight is 593 g/mol. The normalized spacial score (nSPS) is 11.4. The Morgan fingerprint density at radius 3 is 2.68 bits per heavy atom. The summed E-state index contributed by atoms with van der Waals surface area (Å²) in [4.78, 5) is 28.6. The Morgan fingerprint density at radius 1 is 1.26 bits per heavy atom. The first kappa shape index (κ1) is 23.4. The van der Waals surface area contributed by atoms with Crippen molar-refractivity contribution in [3.05, 3.63) is 72.7 Å². The van der Waals surface area contributed by atoms with E-state index < -0.39 is 17.7 Å². The van der Waals surface area contributed by atoms with Crippen molar-refractivity contribution in [3.63, 3.8) is 0 Å². The fourth-order valence-electron chi connectivity index (χ4n) is 2.51. The van der Waals surface area contributed by atoms with Crippen LogP contribution in [0.25, 0.3) is 11.9 Å². The molecule has 0 saturated carbocycles. The van der Waals surface area contributed by atoms with Gasteiger partial charge in [-0.2, -0.15) is 5.10 Å². The molecule has 2 heterocycles. The number of benzene rings is 1. The van der Waals surface area contributed by atoms with Gasteiger partial charge in [0.2, 0.25) is 0 Å². The van der Waals surface area contributed by atoms with E-state index in [1.54, 1.807) is 12.1 Å². The van der Waals surface area contributed by atoms with Crippen LogP contribution in [0.15, 0.2) is 51.4 Å². The fraction of sp³-hybridized carbons (Fsp3) is 0.0526. The van der Waals surface area contributed by atoms with E-state index in [9.17, 15) is 14.0 Å². The molecule has 0 fully saturated rings. The van der Waals surface area contributed by atoms with Gasteiger partial charge >= 0.3 is 5.97 Å². The zero-order chi connectivity index (χ0) is 22.7. The van der Waals surface area contributed by atoms with E-state index in [2.05, 4.69) is 52.0 Å². The highest BCUT2D eigenvalue weighted by atomic mass is 79.9. The Labute approximate surface area is 202 Å². The Balaban J connectivity index is 1.96. The van der Waals surface area contributed by atoms with Crippen LogP contribution in [0.1, 0.15) is 16.1 Å².